The Morgan fingerprint density at radius 2 is 2.00 bits per heavy atom. The second kappa shape index (κ2) is 9.10. The highest BCUT2D eigenvalue weighted by atomic mass is 35.5. The van der Waals surface area contributed by atoms with Crippen LogP contribution in [0.15, 0.2) is 42.6 Å². The largest absolute Gasteiger partial charge is 0.437 e. The first-order valence-electron chi connectivity index (χ1n) is 7.62. The van der Waals surface area contributed by atoms with Crippen molar-refractivity contribution in [3.8, 4) is 11.6 Å². The standard InChI is InChI=1S/C17H21ClN4O2/c1-22(2)12-4-11-20-17(23)21-15-5-3-10-19-16(15)24-14-8-6-13(18)7-9-14/h3,5-10H,4,11-12H2,1-2H3,(H2,20,21,23). The summed E-state index contributed by atoms with van der Waals surface area (Å²) >= 11 is 5.86. The summed E-state index contributed by atoms with van der Waals surface area (Å²) in [4.78, 5) is 18.2. The Morgan fingerprint density at radius 1 is 1.25 bits per heavy atom. The molecule has 0 spiro atoms. The van der Waals surface area contributed by atoms with E-state index in [9.17, 15) is 4.79 Å². The molecule has 0 aliphatic carbocycles. The third-order valence-corrected chi connectivity index (χ3v) is 3.37. The van der Waals surface area contributed by atoms with Crippen LogP contribution >= 0.6 is 11.6 Å². The molecule has 2 amide bonds. The van der Waals surface area contributed by atoms with E-state index < -0.39 is 0 Å². The highest BCUT2D eigenvalue weighted by molar-refractivity contribution is 6.30. The normalized spacial score (nSPS) is 10.5. The lowest BCUT2D eigenvalue weighted by Crippen LogP contribution is -2.31. The topological polar surface area (TPSA) is 66.5 Å². The zero-order valence-corrected chi connectivity index (χ0v) is 14.5. The van der Waals surface area contributed by atoms with Crippen LogP contribution in [-0.2, 0) is 0 Å². The van der Waals surface area contributed by atoms with E-state index in [1.165, 1.54) is 0 Å². The number of aromatic nitrogens is 1. The Hall–Kier alpha value is -2.31. The van der Waals surface area contributed by atoms with Gasteiger partial charge in [-0.1, -0.05) is 11.6 Å². The Kier molecular flexibility index (Phi) is 6.84. The monoisotopic (exact) mass is 348 g/mol. The molecule has 0 unspecified atom stereocenters. The van der Waals surface area contributed by atoms with Gasteiger partial charge < -0.3 is 20.3 Å². The number of carbonyl (C=O) groups is 1. The molecule has 1 aromatic heterocycles. The lowest BCUT2D eigenvalue weighted by molar-refractivity contribution is 0.251. The molecule has 0 saturated heterocycles. The van der Waals surface area contributed by atoms with Crippen molar-refractivity contribution in [2.75, 3.05) is 32.5 Å². The molecule has 1 heterocycles. The molecule has 24 heavy (non-hydrogen) atoms. The van der Waals surface area contributed by atoms with E-state index in [1.807, 2.05) is 14.1 Å². The lowest BCUT2D eigenvalue weighted by atomic mass is 10.3. The Bertz CT molecular complexity index is 662. The summed E-state index contributed by atoms with van der Waals surface area (Å²) in [6, 6.07) is 10.1. The predicted molar refractivity (Wildman–Crippen MR) is 96.0 cm³/mol. The third-order valence-electron chi connectivity index (χ3n) is 3.12. The first-order valence-corrected chi connectivity index (χ1v) is 8.00. The number of urea groups is 1. The summed E-state index contributed by atoms with van der Waals surface area (Å²) in [5, 5.41) is 6.18. The molecule has 0 radical (unpaired) electrons. The summed E-state index contributed by atoms with van der Waals surface area (Å²) in [7, 11) is 3.99. The number of ether oxygens (including phenoxy) is 1. The SMILES string of the molecule is CN(C)CCCNC(=O)Nc1cccnc1Oc1ccc(Cl)cc1. The molecule has 6 nitrogen and oxygen atoms in total. The average molecular weight is 349 g/mol. The number of hydrogen-bond acceptors (Lipinski definition) is 4. The molecule has 2 rings (SSSR count). The van der Waals surface area contributed by atoms with Crippen LogP contribution in [0.3, 0.4) is 0 Å². The summed E-state index contributed by atoms with van der Waals surface area (Å²) in [6.07, 6.45) is 2.48. The van der Waals surface area contributed by atoms with Gasteiger partial charge in [0, 0.05) is 17.8 Å². The molecule has 0 saturated carbocycles. The second-order valence-corrected chi connectivity index (χ2v) is 5.89. The van der Waals surface area contributed by atoms with E-state index in [4.69, 9.17) is 16.3 Å². The molecule has 0 aliphatic rings. The minimum Gasteiger partial charge on any atom is -0.437 e. The molecular weight excluding hydrogens is 328 g/mol. The van der Waals surface area contributed by atoms with Crippen molar-refractivity contribution in [1.29, 1.82) is 0 Å². The van der Waals surface area contributed by atoms with Gasteiger partial charge >= 0.3 is 6.03 Å². The molecule has 1 aromatic carbocycles. The fraction of sp³-hybridized carbons (Fsp3) is 0.294. The van der Waals surface area contributed by atoms with E-state index in [0.717, 1.165) is 13.0 Å². The first-order chi connectivity index (χ1) is 11.5. The van der Waals surface area contributed by atoms with Gasteiger partial charge in [0.15, 0.2) is 0 Å². The van der Waals surface area contributed by atoms with Crippen molar-refractivity contribution in [3.63, 3.8) is 0 Å². The predicted octanol–water partition coefficient (Wildman–Crippen LogP) is 3.60. The van der Waals surface area contributed by atoms with Crippen LogP contribution in [-0.4, -0.2) is 43.1 Å². The number of rotatable bonds is 7. The van der Waals surface area contributed by atoms with Gasteiger partial charge in [-0.05, 0) is 63.5 Å². The summed E-state index contributed by atoms with van der Waals surface area (Å²) < 4.78 is 5.70. The van der Waals surface area contributed by atoms with Gasteiger partial charge in [-0.2, -0.15) is 0 Å². The summed E-state index contributed by atoms with van der Waals surface area (Å²) in [5.74, 6) is 0.913. The van der Waals surface area contributed by atoms with Crippen LogP contribution in [0.5, 0.6) is 11.6 Å². The van der Waals surface area contributed by atoms with Crippen LogP contribution in [0.1, 0.15) is 6.42 Å². The van der Waals surface area contributed by atoms with Crippen LogP contribution in [0.4, 0.5) is 10.5 Å². The first kappa shape index (κ1) is 18.0. The maximum atomic E-state index is 12.0. The van der Waals surface area contributed by atoms with E-state index in [2.05, 4.69) is 20.5 Å². The summed E-state index contributed by atoms with van der Waals surface area (Å²) in [5.41, 5.74) is 0.498. The maximum Gasteiger partial charge on any atom is 0.319 e. The number of nitrogens with one attached hydrogen (secondary N) is 2. The smallest absolute Gasteiger partial charge is 0.319 e. The van der Waals surface area contributed by atoms with Gasteiger partial charge in [-0.3, -0.25) is 0 Å². The molecule has 0 atom stereocenters. The van der Waals surface area contributed by atoms with E-state index in [-0.39, 0.29) is 6.03 Å². The van der Waals surface area contributed by atoms with Crippen LogP contribution < -0.4 is 15.4 Å². The van der Waals surface area contributed by atoms with Crippen LogP contribution in [0.25, 0.3) is 0 Å². The number of hydrogen-bond donors (Lipinski definition) is 2. The minimum atomic E-state index is -0.289. The van der Waals surface area contributed by atoms with Crippen molar-refractivity contribution >= 4 is 23.3 Å². The molecular formula is C17H21ClN4O2. The van der Waals surface area contributed by atoms with Gasteiger partial charge in [0.05, 0.1) is 0 Å². The van der Waals surface area contributed by atoms with Crippen molar-refractivity contribution in [2.24, 2.45) is 0 Å². The molecule has 0 fully saturated rings. The third kappa shape index (κ3) is 6.06. The maximum absolute atomic E-state index is 12.0. The Labute approximate surface area is 146 Å². The van der Waals surface area contributed by atoms with Crippen molar-refractivity contribution in [2.45, 2.75) is 6.42 Å². The fourth-order valence-corrected chi connectivity index (χ4v) is 2.07. The molecule has 2 aromatic rings. The van der Waals surface area contributed by atoms with Gasteiger partial charge in [-0.25, -0.2) is 9.78 Å². The zero-order valence-electron chi connectivity index (χ0n) is 13.8. The number of carbonyl (C=O) groups excluding carboxylic acids is 1. The number of amides is 2. The number of pyridine rings is 1. The number of benzene rings is 1. The van der Waals surface area contributed by atoms with Crippen molar-refractivity contribution < 1.29 is 9.53 Å². The minimum absolute atomic E-state index is 0.289. The zero-order chi connectivity index (χ0) is 17.4. The quantitative estimate of drug-likeness (QED) is 0.750. The molecule has 0 aliphatic heterocycles. The molecule has 2 N–H and O–H groups in total. The van der Waals surface area contributed by atoms with E-state index in [1.54, 1.807) is 42.6 Å². The molecule has 7 heteroatoms. The second-order valence-electron chi connectivity index (χ2n) is 5.45. The van der Waals surface area contributed by atoms with Gasteiger partial charge in [0.25, 0.3) is 0 Å². The van der Waals surface area contributed by atoms with Crippen LogP contribution in [0.2, 0.25) is 5.02 Å². The fourth-order valence-electron chi connectivity index (χ4n) is 1.95. The lowest BCUT2D eigenvalue weighted by Gasteiger charge is -2.13. The Balaban J connectivity index is 1.93. The summed E-state index contributed by atoms with van der Waals surface area (Å²) in [6.45, 7) is 1.51. The Morgan fingerprint density at radius 3 is 2.71 bits per heavy atom. The van der Waals surface area contributed by atoms with Crippen LogP contribution in [0, 0.1) is 0 Å². The van der Waals surface area contributed by atoms with E-state index >= 15 is 0 Å². The molecule has 128 valence electrons. The highest BCUT2D eigenvalue weighted by Gasteiger charge is 2.09. The van der Waals surface area contributed by atoms with E-state index in [0.29, 0.717) is 28.9 Å². The average Bonchev–Trinajstić information content (AvgIpc) is 2.55. The van der Waals surface area contributed by atoms with Gasteiger partial charge in [0.2, 0.25) is 5.88 Å². The number of nitrogens with zero attached hydrogens (tertiary/aromatic N) is 2. The highest BCUT2D eigenvalue weighted by Crippen LogP contribution is 2.27. The van der Waals surface area contributed by atoms with Gasteiger partial charge in [0.1, 0.15) is 11.4 Å². The van der Waals surface area contributed by atoms with Crippen molar-refractivity contribution in [3.05, 3.63) is 47.6 Å². The number of anilines is 1. The number of halogens is 1. The van der Waals surface area contributed by atoms with Gasteiger partial charge in [-0.15, -0.1) is 0 Å². The molecule has 0 bridgehead atoms. The van der Waals surface area contributed by atoms with Crippen molar-refractivity contribution in [1.82, 2.24) is 15.2 Å².